The van der Waals surface area contributed by atoms with Crippen LogP contribution >= 0.6 is 46.4 Å². The number of amides is 6. The lowest BCUT2D eigenvalue weighted by Crippen LogP contribution is -2.40. The van der Waals surface area contributed by atoms with Gasteiger partial charge < -0.3 is 34.3 Å². The van der Waals surface area contributed by atoms with Gasteiger partial charge >= 0.3 is 6.18 Å². The van der Waals surface area contributed by atoms with Crippen LogP contribution in [-0.4, -0.2) is 275 Å². The van der Waals surface area contributed by atoms with Crippen LogP contribution < -0.4 is 0 Å². The third kappa shape index (κ3) is 23.8. The van der Waals surface area contributed by atoms with E-state index in [0.29, 0.717) is 150 Å². The Morgan fingerprint density at radius 1 is 0.361 bits per heavy atom. The van der Waals surface area contributed by atoms with Gasteiger partial charge in [-0.05, 0) is 221 Å². The van der Waals surface area contributed by atoms with Crippen LogP contribution in [0.1, 0.15) is 256 Å². The van der Waals surface area contributed by atoms with E-state index in [-0.39, 0.29) is 142 Å². The largest absolute Gasteiger partial charge is 0.416 e. The van der Waals surface area contributed by atoms with E-state index < -0.39 is 55.2 Å². The van der Waals surface area contributed by atoms with Gasteiger partial charge in [-0.25, -0.2) is 38.8 Å². The summed E-state index contributed by atoms with van der Waals surface area (Å²) in [5, 5.41) is 37.1. The minimum atomic E-state index is -4.59. The van der Waals surface area contributed by atoms with Gasteiger partial charge in [-0.3, -0.25) is 59.2 Å². The third-order valence-electron chi connectivity index (χ3n) is 29.8. The SMILES string of the molecule is CC(=O)N1CCc2c(C(=O)N3CCC(c4cccc(F)c4Cl)CC3)n[nH]c2C1.CN1CCc2c(C(=O)N3CCC(c4cccc(F)c4Cl)CC3)n[nH]c2C1.CS(=O)(=O)N1CCc2[nH]nc(C(=O)N3CCC(c4cc(F)ccc4C(F)(F)F)CC3)c2C1.CS(=O)(=O)N1CCc2[nH]nc(C(=O)N3CCC(c4cc(F)ccc4Cl)CC3)c2C1.O=C(c1n[nH]c2c1CCN(CC1CC1)C2)N1CCC(c2cccc(F)c2Cl)CC1. The van der Waals surface area contributed by atoms with Gasteiger partial charge in [0.25, 0.3) is 29.5 Å². The summed E-state index contributed by atoms with van der Waals surface area (Å²) in [5.74, 6) is -1.91. The van der Waals surface area contributed by atoms with Gasteiger partial charge in [0.15, 0.2) is 28.5 Å². The van der Waals surface area contributed by atoms with E-state index in [0.717, 1.165) is 176 Å². The zero-order valence-electron chi connectivity index (χ0n) is 80.1. The summed E-state index contributed by atoms with van der Waals surface area (Å²) in [6.45, 7) is 13.4. The number of halogens is 12. The number of carbonyl (C=O) groups excluding carboxylic acids is 6. The van der Waals surface area contributed by atoms with Crippen LogP contribution in [0.25, 0.3) is 0 Å². The van der Waals surface area contributed by atoms with E-state index in [9.17, 15) is 80.7 Å². The first kappa shape index (κ1) is 105. The maximum atomic E-state index is 13.8. The van der Waals surface area contributed by atoms with E-state index in [1.807, 2.05) is 28.0 Å². The van der Waals surface area contributed by atoms with Gasteiger partial charge in [-0.2, -0.15) is 47.3 Å². The second-order valence-corrected chi connectivity index (χ2v) is 44.6. The van der Waals surface area contributed by atoms with Crippen LogP contribution in [0.5, 0.6) is 0 Å². The molecule has 5 N–H and O–H groups in total. The van der Waals surface area contributed by atoms with Crippen LogP contribution in [0.3, 0.4) is 0 Å². The number of hydrogen-bond donors (Lipinski definition) is 5. The molecule has 144 heavy (non-hydrogen) atoms. The van der Waals surface area contributed by atoms with Crippen molar-refractivity contribution in [3.8, 4) is 0 Å². The molecular formula is C100H114Cl4F8N20O10S2. The van der Waals surface area contributed by atoms with Crippen molar-refractivity contribution < 1.29 is 80.7 Å². The molecule has 6 fully saturated rings. The van der Waals surface area contributed by atoms with Crippen LogP contribution in [0.4, 0.5) is 35.1 Å². The average Bonchev–Trinajstić information content (AvgIpc) is 1.66. The fourth-order valence-corrected chi connectivity index (χ4v) is 24.1. The summed E-state index contributed by atoms with van der Waals surface area (Å²) in [6.07, 6.45) is 10.1. The molecule has 0 spiro atoms. The van der Waals surface area contributed by atoms with E-state index >= 15 is 0 Å². The molecule has 5 saturated heterocycles. The molecule has 1 aliphatic carbocycles. The molecule has 0 atom stereocenters. The molecule has 5 aromatic carbocycles. The van der Waals surface area contributed by atoms with E-state index in [1.165, 1.54) is 62.9 Å². The highest BCUT2D eigenvalue weighted by atomic mass is 35.5. The normalized spacial score (nSPS) is 18.9. The number of nitrogens with one attached hydrogen (secondary N) is 5. The lowest BCUT2D eigenvalue weighted by atomic mass is 9.86. The quantitative estimate of drug-likeness (QED) is 0.0631. The Hall–Kier alpha value is -10.7. The second kappa shape index (κ2) is 44.5. The van der Waals surface area contributed by atoms with E-state index in [4.69, 9.17) is 46.4 Å². The summed E-state index contributed by atoms with van der Waals surface area (Å²) in [4.78, 5) is 91.9. The number of likely N-dealkylation sites (N-methyl/N-ethyl adjacent to an activating group) is 1. The number of rotatable bonds is 14. The number of alkyl halides is 3. The van der Waals surface area contributed by atoms with Crippen molar-refractivity contribution in [3.63, 3.8) is 0 Å². The van der Waals surface area contributed by atoms with Crippen LogP contribution in [-0.2, 0) is 95.8 Å². The molecule has 0 unspecified atom stereocenters. The molecule has 44 heteroatoms. The van der Waals surface area contributed by atoms with Crippen molar-refractivity contribution in [2.24, 2.45) is 5.92 Å². The minimum Gasteiger partial charge on any atom is -0.337 e. The molecule has 6 amide bonds. The lowest BCUT2D eigenvalue weighted by molar-refractivity contribution is -0.138. The fraction of sp³-hybridized carbons (Fsp3) is 0.490. The summed E-state index contributed by atoms with van der Waals surface area (Å²) in [5.41, 5.74) is 13.1. The number of H-pyrrole nitrogens is 5. The average molecular weight is 2110 g/mol. The number of aromatic nitrogens is 10. The lowest BCUT2D eigenvalue weighted by Gasteiger charge is -2.33. The summed E-state index contributed by atoms with van der Waals surface area (Å²) in [7, 11) is -4.70. The Bertz CT molecular complexity index is 6680. The molecule has 0 bridgehead atoms. The van der Waals surface area contributed by atoms with Gasteiger partial charge in [0.2, 0.25) is 26.0 Å². The molecule has 1 saturated carbocycles. The molecule has 10 aliphatic heterocycles. The highest BCUT2D eigenvalue weighted by Gasteiger charge is 2.43. The maximum absolute atomic E-state index is 13.8. The fourth-order valence-electron chi connectivity index (χ4n) is 21.4. The van der Waals surface area contributed by atoms with Crippen molar-refractivity contribution in [1.82, 2.24) is 98.8 Å². The summed E-state index contributed by atoms with van der Waals surface area (Å²) < 4.78 is 159. The monoisotopic (exact) mass is 2110 g/mol. The first-order valence-corrected chi connectivity index (χ1v) is 54.0. The Balaban J connectivity index is 0.000000124. The van der Waals surface area contributed by atoms with Crippen LogP contribution in [0.15, 0.2) is 91.0 Å². The molecule has 30 nitrogen and oxygen atoms in total. The van der Waals surface area contributed by atoms with E-state index in [2.05, 4.69) is 67.8 Å². The second-order valence-electron chi connectivity index (χ2n) is 39.1. The number of hydrogen-bond acceptors (Lipinski definition) is 17. The van der Waals surface area contributed by atoms with Crippen molar-refractivity contribution >= 4 is 102 Å². The first-order chi connectivity index (χ1) is 68.8. The Morgan fingerprint density at radius 3 is 1.06 bits per heavy atom. The van der Waals surface area contributed by atoms with Crippen molar-refractivity contribution in [1.29, 1.82) is 0 Å². The topological polar surface area (TPSA) is 346 Å². The highest BCUT2D eigenvalue weighted by Crippen LogP contribution is 2.44. The molecule has 770 valence electrons. The number of carbonyl (C=O) groups is 6. The predicted molar refractivity (Wildman–Crippen MR) is 524 cm³/mol. The number of sulfonamides is 2. The van der Waals surface area contributed by atoms with E-state index in [1.54, 1.807) is 45.9 Å². The van der Waals surface area contributed by atoms with Gasteiger partial charge in [0.1, 0.15) is 29.1 Å². The summed E-state index contributed by atoms with van der Waals surface area (Å²) in [6, 6.07) is 21.7. The Morgan fingerprint density at radius 2 is 0.688 bits per heavy atom. The molecule has 10 aromatic rings. The molecule has 15 heterocycles. The molecule has 21 rings (SSSR count). The van der Waals surface area contributed by atoms with Crippen LogP contribution in [0, 0.1) is 35.0 Å². The summed E-state index contributed by atoms with van der Waals surface area (Å²) >= 11 is 24.6. The highest BCUT2D eigenvalue weighted by molar-refractivity contribution is 7.88. The number of aromatic amines is 5. The number of fused-ring (bicyclic) bond motifs is 5. The van der Waals surface area contributed by atoms with Crippen molar-refractivity contribution in [3.05, 3.63) is 258 Å². The van der Waals surface area contributed by atoms with Crippen molar-refractivity contribution in [2.45, 2.75) is 185 Å². The minimum absolute atomic E-state index is 0.00385. The smallest absolute Gasteiger partial charge is 0.337 e. The number of nitrogens with zero attached hydrogens (tertiary/aromatic N) is 15. The van der Waals surface area contributed by atoms with Gasteiger partial charge in [0, 0.05) is 195 Å². The Kier molecular flexibility index (Phi) is 32.4. The maximum Gasteiger partial charge on any atom is 0.416 e. The standard InChI is InChI=1S/C22H26ClFN4O.C20H22ClFN4O2.C20H22F4N4O3S.C19H22ClFN4O3S.C19H22ClFN4O/c23-20-16(2-1-3-18(20)24)15-6-10-28(11-7-15)22(29)21-17-8-9-27(12-14-4-5-14)13-19(17)25-26-21;1-12(27)26-10-7-15-17(11-26)23-24-19(15)20(28)25-8-5-13(6-9-25)14-3-2-4-16(22)18(14)21;1-32(30,31)28-9-6-17-15(11-28)18(26-25-17)19(29)27-7-4-12(5-8-27)14-10-13(21)2-3-16(14)20(22,23)24;1-29(27,28)25-9-6-17-15(11-25)18(23-22-17)19(26)24-7-4-12(5-8-24)14-10-13(21)2-3-16(14)20;1-24-8-7-14-16(11-24)22-23-18(14)19(26)25-9-5-12(6-10-25)13-3-2-4-15(21)17(13)20/h1-3,14-15H,4-13H2,(H,25,26);2-4,13H,5-11H2,1H3,(H,23,24);2-3,10,12H,4-9,11H2,1H3,(H,25,26);2-3,10,12H,4-9,11H2,1H3,(H,22,23);2-4,12H,5-11H2,1H3,(H,22,23). The van der Waals surface area contributed by atoms with Gasteiger partial charge in [-0.15, -0.1) is 0 Å². The third-order valence-corrected chi connectivity index (χ3v) is 33.8. The van der Waals surface area contributed by atoms with Crippen molar-refractivity contribution in [2.75, 3.05) is 124 Å². The van der Waals surface area contributed by atoms with Gasteiger partial charge in [0.05, 0.1) is 56.8 Å². The first-order valence-electron chi connectivity index (χ1n) is 48.8. The zero-order valence-corrected chi connectivity index (χ0v) is 84.8. The number of likely N-dealkylation sites (tertiary alicyclic amines) is 5. The molecule has 11 aliphatic rings. The Labute approximate surface area is 849 Å². The molecule has 5 aromatic heterocycles. The molecule has 0 radical (unpaired) electrons. The zero-order chi connectivity index (χ0) is 102. The number of piperidine rings is 5. The van der Waals surface area contributed by atoms with Crippen LogP contribution in [0.2, 0.25) is 20.1 Å². The number of benzene rings is 5. The predicted octanol–water partition coefficient (Wildman–Crippen LogP) is 15.8. The molecular weight excluding hydrogens is 2000 g/mol. The van der Waals surface area contributed by atoms with Gasteiger partial charge in [-0.1, -0.05) is 82.8 Å².